The van der Waals surface area contributed by atoms with Crippen LogP contribution < -0.4 is 0 Å². The molecule has 1 aliphatic carbocycles. The summed E-state index contributed by atoms with van der Waals surface area (Å²) in [5.74, 6) is 0.209. The normalized spacial score (nSPS) is 32.1. The van der Waals surface area contributed by atoms with Crippen LogP contribution in [-0.4, -0.2) is 18.2 Å². The van der Waals surface area contributed by atoms with Gasteiger partial charge in [0.25, 0.3) is 0 Å². The van der Waals surface area contributed by atoms with Crippen LogP contribution in [0.3, 0.4) is 0 Å². The van der Waals surface area contributed by atoms with E-state index in [9.17, 15) is 8.42 Å². The second kappa shape index (κ2) is 3.64. The maximum atomic E-state index is 12.4. The minimum absolute atomic E-state index is 0.209. The van der Waals surface area contributed by atoms with Crippen molar-refractivity contribution in [1.29, 1.82) is 0 Å². The molecule has 0 radical (unpaired) electrons. The summed E-state index contributed by atoms with van der Waals surface area (Å²) >= 11 is 1.59. The van der Waals surface area contributed by atoms with Gasteiger partial charge in [-0.3, -0.25) is 0 Å². The van der Waals surface area contributed by atoms with Gasteiger partial charge in [0.15, 0.2) is 9.84 Å². The Kier molecular flexibility index (Phi) is 2.37. The third-order valence-electron chi connectivity index (χ3n) is 3.11. The largest absolute Gasteiger partial charge is 0.223 e. The number of allylic oxidation sites excluding steroid dienone is 1. The van der Waals surface area contributed by atoms with Crippen LogP contribution in [0.15, 0.2) is 47.4 Å². The average Bonchev–Trinajstić information content (AvgIpc) is 2.92. The Morgan fingerprint density at radius 1 is 1.12 bits per heavy atom. The molecule has 1 saturated heterocycles. The van der Waals surface area contributed by atoms with Gasteiger partial charge in [0.1, 0.15) is 4.58 Å². The lowest BCUT2D eigenvalue weighted by Crippen LogP contribution is -2.22. The van der Waals surface area contributed by atoms with Crippen molar-refractivity contribution in [3.63, 3.8) is 0 Å². The summed E-state index contributed by atoms with van der Waals surface area (Å²) in [5, 5.41) is 0.411. The zero-order chi connectivity index (χ0) is 11.2. The van der Waals surface area contributed by atoms with Gasteiger partial charge >= 0.3 is 0 Å². The molecule has 1 aromatic rings. The number of thioether (sulfide) groups is 1. The molecule has 0 spiro atoms. The number of fused-ring (bicyclic) bond motifs is 2. The molecule has 0 saturated carbocycles. The van der Waals surface area contributed by atoms with Crippen molar-refractivity contribution in [2.75, 3.05) is 0 Å². The Bertz CT molecular complexity index is 519. The molecule has 84 valence electrons. The van der Waals surface area contributed by atoms with E-state index in [-0.39, 0.29) is 10.5 Å². The highest BCUT2D eigenvalue weighted by Crippen LogP contribution is 2.48. The number of benzene rings is 1. The van der Waals surface area contributed by atoms with Crippen molar-refractivity contribution < 1.29 is 8.42 Å². The highest BCUT2D eigenvalue weighted by atomic mass is 32.3. The van der Waals surface area contributed by atoms with Gasteiger partial charge < -0.3 is 0 Å². The zero-order valence-electron chi connectivity index (χ0n) is 8.61. The summed E-state index contributed by atoms with van der Waals surface area (Å²) in [6.07, 6.45) is 5.18. The molecule has 16 heavy (non-hydrogen) atoms. The van der Waals surface area contributed by atoms with E-state index in [1.165, 1.54) is 0 Å². The van der Waals surface area contributed by atoms with Crippen LogP contribution in [-0.2, 0) is 9.84 Å². The summed E-state index contributed by atoms with van der Waals surface area (Å²) in [6, 6.07) is 8.77. The molecule has 2 aliphatic rings. The molecule has 4 heteroatoms. The summed E-state index contributed by atoms with van der Waals surface area (Å²) in [7, 11) is -3.16. The van der Waals surface area contributed by atoms with E-state index in [4.69, 9.17) is 0 Å². The fourth-order valence-corrected chi connectivity index (χ4v) is 6.39. The van der Waals surface area contributed by atoms with Crippen LogP contribution in [0.25, 0.3) is 0 Å². The van der Waals surface area contributed by atoms with Crippen molar-refractivity contribution in [2.45, 2.75) is 21.1 Å². The smallest absolute Gasteiger partial charge is 0.191 e. The second-order valence-corrected chi connectivity index (χ2v) is 7.94. The van der Waals surface area contributed by atoms with Crippen molar-refractivity contribution in [1.82, 2.24) is 0 Å². The third-order valence-corrected chi connectivity index (χ3v) is 7.41. The molecule has 2 nitrogen and oxygen atoms in total. The first-order valence-electron chi connectivity index (χ1n) is 5.31. The van der Waals surface area contributed by atoms with E-state index >= 15 is 0 Å². The van der Waals surface area contributed by atoms with Crippen LogP contribution in [0, 0.1) is 5.92 Å². The topological polar surface area (TPSA) is 34.1 Å². The Morgan fingerprint density at radius 2 is 1.88 bits per heavy atom. The quantitative estimate of drug-likeness (QED) is 0.758. The first-order valence-corrected chi connectivity index (χ1v) is 7.79. The van der Waals surface area contributed by atoms with Gasteiger partial charge in [0.05, 0.1) is 4.90 Å². The number of sulfone groups is 1. The molecule has 0 aromatic heterocycles. The van der Waals surface area contributed by atoms with Crippen LogP contribution in [0.2, 0.25) is 0 Å². The first kappa shape index (κ1) is 10.4. The van der Waals surface area contributed by atoms with E-state index in [0.29, 0.717) is 10.1 Å². The zero-order valence-corrected chi connectivity index (χ0v) is 10.2. The predicted molar refractivity (Wildman–Crippen MR) is 66.0 cm³/mol. The monoisotopic (exact) mass is 252 g/mol. The van der Waals surface area contributed by atoms with Gasteiger partial charge in [-0.25, -0.2) is 8.42 Å². The minimum Gasteiger partial charge on any atom is -0.223 e. The van der Waals surface area contributed by atoms with Crippen LogP contribution in [0.5, 0.6) is 0 Å². The van der Waals surface area contributed by atoms with E-state index in [0.717, 1.165) is 6.42 Å². The predicted octanol–water partition coefficient (Wildman–Crippen LogP) is 2.48. The molecule has 3 atom stereocenters. The number of hydrogen-bond acceptors (Lipinski definition) is 3. The fourth-order valence-electron chi connectivity index (χ4n) is 2.32. The lowest BCUT2D eigenvalue weighted by atomic mass is 10.2. The maximum absolute atomic E-state index is 12.4. The third kappa shape index (κ3) is 1.52. The highest BCUT2D eigenvalue weighted by molar-refractivity contribution is 8.14. The molecular weight excluding hydrogens is 240 g/mol. The highest BCUT2D eigenvalue weighted by Gasteiger charge is 2.44. The average molecular weight is 252 g/mol. The van der Waals surface area contributed by atoms with E-state index < -0.39 is 9.84 Å². The van der Waals surface area contributed by atoms with Gasteiger partial charge in [-0.05, 0) is 18.6 Å². The molecule has 1 aromatic carbocycles. The molecule has 1 aliphatic heterocycles. The number of hydrogen-bond donors (Lipinski definition) is 0. The standard InChI is InChI=1S/C12H12O2S2/c13-16(14,11-4-2-1-3-5-11)12-9-6-7-10(8-9)15-12/h1-7,9-10,12H,8H2/t9-,10+,12+/m1/s1. The minimum atomic E-state index is -3.16. The number of rotatable bonds is 2. The SMILES string of the molecule is O=S(=O)(c1ccccc1)[C@@H]1S[C@H]2C=C[C@@H]1C2. The van der Waals surface area contributed by atoms with Gasteiger partial charge in [0, 0.05) is 11.2 Å². The van der Waals surface area contributed by atoms with Crippen LogP contribution >= 0.6 is 11.8 Å². The van der Waals surface area contributed by atoms with Crippen molar-refractivity contribution in [3.8, 4) is 0 Å². The molecule has 1 heterocycles. The summed E-state index contributed by atoms with van der Waals surface area (Å²) in [4.78, 5) is 0.452. The Labute approximate surface area is 99.7 Å². The molecule has 0 unspecified atom stereocenters. The van der Waals surface area contributed by atoms with Crippen molar-refractivity contribution in [2.24, 2.45) is 5.92 Å². The van der Waals surface area contributed by atoms with E-state index in [1.807, 2.05) is 6.07 Å². The second-order valence-electron chi connectivity index (χ2n) is 4.19. The van der Waals surface area contributed by atoms with Crippen LogP contribution in [0.4, 0.5) is 0 Å². The summed E-state index contributed by atoms with van der Waals surface area (Å²) in [6.45, 7) is 0. The van der Waals surface area contributed by atoms with Crippen molar-refractivity contribution in [3.05, 3.63) is 42.5 Å². The lowest BCUT2D eigenvalue weighted by molar-refractivity contribution is 0.580. The maximum Gasteiger partial charge on any atom is 0.191 e. The van der Waals surface area contributed by atoms with E-state index in [1.54, 1.807) is 36.0 Å². The molecule has 3 rings (SSSR count). The lowest BCUT2D eigenvalue weighted by Gasteiger charge is -2.17. The summed E-state index contributed by atoms with van der Waals surface area (Å²) in [5.41, 5.74) is 0. The Hall–Kier alpha value is -0.740. The van der Waals surface area contributed by atoms with E-state index in [2.05, 4.69) is 12.2 Å². The van der Waals surface area contributed by atoms with Crippen LogP contribution in [0.1, 0.15) is 6.42 Å². The molecule has 0 N–H and O–H groups in total. The van der Waals surface area contributed by atoms with Gasteiger partial charge in [0.2, 0.25) is 0 Å². The Balaban J connectivity index is 1.98. The van der Waals surface area contributed by atoms with Gasteiger partial charge in [-0.2, -0.15) is 0 Å². The molecule has 1 fully saturated rings. The molecular formula is C12H12O2S2. The van der Waals surface area contributed by atoms with Gasteiger partial charge in [-0.1, -0.05) is 30.4 Å². The molecule has 2 bridgehead atoms. The van der Waals surface area contributed by atoms with Gasteiger partial charge in [-0.15, -0.1) is 11.8 Å². The van der Waals surface area contributed by atoms with Crippen molar-refractivity contribution >= 4 is 21.6 Å². The Morgan fingerprint density at radius 3 is 2.44 bits per heavy atom. The first-order chi connectivity index (χ1) is 7.68. The summed E-state index contributed by atoms with van der Waals surface area (Å²) < 4.78 is 24.5. The molecule has 0 amide bonds. The fraction of sp³-hybridized carbons (Fsp3) is 0.333.